The predicted molar refractivity (Wildman–Crippen MR) is 187 cm³/mol. The van der Waals surface area contributed by atoms with Crippen LogP contribution < -0.4 is 15.9 Å². The molecule has 0 fully saturated rings. The molecule has 3 nitrogen and oxygen atoms in total. The molecule has 0 amide bonds. The summed E-state index contributed by atoms with van der Waals surface area (Å²) in [5, 5.41) is 23.3. The van der Waals surface area contributed by atoms with Crippen molar-refractivity contribution in [3.63, 3.8) is 0 Å². The number of benzene rings is 2. The maximum Gasteiger partial charge on any atom is 2.00 e. The third-order valence-corrected chi connectivity index (χ3v) is 8.76. The quantitative estimate of drug-likeness (QED) is 0.183. The minimum atomic E-state index is 0. The predicted octanol–water partition coefficient (Wildman–Crippen LogP) is 10.6. The van der Waals surface area contributed by atoms with Gasteiger partial charge in [-0.2, -0.15) is 0 Å². The second kappa shape index (κ2) is 25.7. The molecule has 0 heterocycles. The Bertz CT molecular complexity index is 856. The Labute approximate surface area is 284 Å². The van der Waals surface area contributed by atoms with Crippen molar-refractivity contribution in [3.8, 4) is 11.5 Å². The third-order valence-electron chi connectivity index (χ3n) is 8.76. The Morgan fingerprint density at radius 2 is 0.864 bits per heavy atom. The van der Waals surface area contributed by atoms with Crippen LogP contribution in [0.3, 0.4) is 0 Å². The van der Waals surface area contributed by atoms with Crippen molar-refractivity contribution in [3.05, 3.63) is 59.7 Å². The van der Waals surface area contributed by atoms with Gasteiger partial charge in [-0.15, -0.1) is 11.5 Å². The maximum absolute atomic E-state index is 11.7. The van der Waals surface area contributed by atoms with Crippen molar-refractivity contribution < 1.29 is 26.7 Å². The minimum Gasteiger partial charge on any atom is -0.872 e. The van der Waals surface area contributed by atoms with Crippen LogP contribution in [0.2, 0.25) is 0 Å². The minimum absolute atomic E-state index is 0. The summed E-state index contributed by atoms with van der Waals surface area (Å²) in [6, 6.07) is 14.9. The first kappa shape index (κ1) is 44.6. The molecule has 2 aromatic carbocycles. The molecule has 2 unspecified atom stereocenters. The molecule has 2 N–H and O–H groups in total. The number of aryl methyl sites for hydroxylation is 2. The average Bonchev–Trinajstić information content (AvgIpc) is 2.94. The van der Waals surface area contributed by atoms with E-state index in [0.717, 1.165) is 55.2 Å². The zero-order chi connectivity index (χ0) is 32.7. The molecule has 2 atom stereocenters. The SMILES string of the molecule is CCCCC(CCCc1ccccc1[O-])C(C)(C)C.CCCCC(CCCc1ccccc1[O-])C(C)(C)C.CCCCN.[Ni+2]. The number of hydrogen-bond acceptors (Lipinski definition) is 3. The first-order valence-electron chi connectivity index (χ1n) is 17.5. The van der Waals surface area contributed by atoms with Crippen molar-refractivity contribution in [2.45, 2.75) is 152 Å². The fraction of sp³-hybridized carbons (Fsp3) is 0.700. The zero-order valence-corrected chi connectivity index (χ0v) is 31.1. The number of hydrogen-bond donors (Lipinski definition) is 1. The van der Waals surface area contributed by atoms with Crippen LogP contribution in [-0.2, 0) is 29.3 Å². The molecule has 0 bridgehead atoms. The molecule has 0 aromatic heterocycles. The number of para-hydroxylation sites is 2. The van der Waals surface area contributed by atoms with Gasteiger partial charge in [-0.05, 0) is 87.0 Å². The van der Waals surface area contributed by atoms with E-state index in [1.54, 1.807) is 12.1 Å². The average molecular weight is 655 g/mol. The Morgan fingerprint density at radius 1 is 0.545 bits per heavy atom. The van der Waals surface area contributed by atoms with Gasteiger partial charge in [0.2, 0.25) is 0 Å². The van der Waals surface area contributed by atoms with Gasteiger partial charge in [-0.1, -0.05) is 154 Å². The summed E-state index contributed by atoms with van der Waals surface area (Å²) in [5.74, 6) is 1.93. The Balaban J connectivity index is 0. The van der Waals surface area contributed by atoms with E-state index >= 15 is 0 Å². The molecule has 0 radical (unpaired) electrons. The Kier molecular flexibility index (Phi) is 26.0. The van der Waals surface area contributed by atoms with E-state index in [-0.39, 0.29) is 28.0 Å². The van der Waals surface area contributed by atoms with Crippen LogP contribution in [0.15, 0.2) is 48.5 Å². The van der Waals surface area contributed by atoms with Crippen LogP contribution in [-0.4, -0.2) is 6.54 Å². The van der Waals surface area contributed by atoms with E-state index in [1.165, 1.54) is 64.2 Å². The monoisotopic (exact) mass is 653 g/mol. The van der Waals surface area contributed by atoms with E-state index in [2.05, 4.69) is 62.3 Å². The van der Waals surface area contributed by atoms with Crippen molar-refractivity contribution in [1.82, 2.24) is 0 Å². The smallest absolute Gasteiger partial charge is 0.872 e. The standard InChI is InChI=1S/2C18H30O.C4H11N.Ni/c2*1-5-6-12-16(18(2,3)4)13-9-11-15-10-7-8-14-17(15)19;1-2-3-4-5;/h2*7-8,10,14,16,19H,5-6,9,11-13H2,1-4H3;2-5H2,1H3;/q;;;+2/p-2. The van der Waals surface area contributed by atoms with Crippen molar-refractivity contribution in [2.24, 2.45) is 28.4 Å². The first-order valence-corrected chi connectivity index (χ1v) is 17.5. The second-order valence-corrected chi connectivity index (χ2v) is 14.6. The van der Waals surface area contributed by atoms with Crippen molar-refractivity contribution >= 4 is 0 Å². The fourth-order valence-electron chi connectivity index (χ4n) is 5.62. The summed E-state index contributed by atoms with van der Waals surface area (Å²) in [7, 11) is 0. The van der Waals surface area contributed by atoms with Gasteiger partial charge in [0.15, 0.2) is 0 Å². The molecular weight excluding hydrogens is 585 g/mol. The maximum atomic E-state index is 11.7. The fourth-order valence-corrected chi connectivity index (χ4v) is 5.62. The Hall–Kier alpha value is -1.51. The van der Waals surface area contributed by atoms with Crippen LogP contribution in [0.25, 0.3) is 0 Å². The van der Waals surface area contributed by atoms with Crippen LogP contribution in [0.5, 0.6) is 11.5 Å². The van der Waals surface area contributed by atoms with Gasteiger partial charge < -0.3 is 15.9 Å². The number of nitrogens with two attached hydrogens (primary N) is 1. The summed E-state index contributed by atoms with van der Waals surface area (Å²) in [6.45, 7) is 21.5. The Morgan fingerprint density at radius 3 is 1.11 bits per heavy atom. The van der Waals surface area contributed by atoms with E-state index in [4.69, 9.17) is 5.73 Å². The molecule has 4 heteroatoms. The van der Waals surface area contributed by atoms with Gasteiger partial charge >= 0.3 is 16.5 Å². The molecule has 0 aliphatic heterocycles. The third kappa shape index (κ3) is 21.3. The van der Waals surface area contributed by atoms with Crippen molar-refractivity contribution in [1.29, 1.82) is 0 Å². The van der Waals surface area contributed by atoms with Gasteiger partial charge in [0.25, 0.3) is 0 Å². The summed E-state index contributed by atoms with van der Waals surface area (Å²) in [6.07, 6.45) is 16.8. The molecular formula is C40H69NNiO2. The normalized spacial score (nSPS) is 12.6. The van der Waals surface area contributed by atoms with Gasteiger partial charge in [0.1, 0.15) is 0 Å². The number of rotatable bonds is 16. The molecule has 0 saturated carbocycles. The largest absolute Gasteiger partial charge is 2.00 e. The van der Waals surface area contributed by atoms with Gasteiger partial charge in [-0.3, -0.25) is 0 Å². The summed E-state index contributed by atoms with van der Waals surface area (Å²) < 4.78 is 0. The summed E-state index contributed by atoms with van der Waals surface area (Å²) >= 11 is 0. The van der Waals surface area contributed by atoms with Gasteiger partial charge in [0, 0.05) is 0 Å². The topological polar surface area (TPSA) is 72.1 Å². The molecule has 0 spiro atoms. The molecule has 2 aromatic rings. The molecule has 2 rings (SSSR count). The second-order valence-electron chi connectivity index (χ2n) is 14.6. The van der Waals surface area contributed by atoms with E-state index in [9.17, 15) is 10.2 Å². The van der Waals surface area contributed by atoms with Crippen LogP contribution in [0.1, 0.15) is 150 Å². The summed E-state index contributed by atoms with van der Waals surface area (Å²) in [5.41, 5.74) is 7.86. The van der Waals surface area contributed by atoms with Crippen LogP contribution in [0, 0.1) is 22.7 Å². The molecule has 256 valence electrons. The number of unbranched alkanes of at least 4 members (excludes halogenated alkanes) is 3. The van der Waals surface area contributed by atoms with Crippen LogP contribution in [0.4, 0.5) is 0 Å². The van der Waals surface area contributed by atoms with E-state index in [1.807, 2.05) is 36.4 Å². The van der Waals surface area contributed by atoms with Gasteiger partial charge in [-0.25, -0.2) is 0 Å². The molecule has 0 saturated heterocycles. The van der Waals surface area contributed by atoms with Crippen LogP contribution >= 0.6 is 0 Å². The first-order chi connectivity index (χ1) is 20.3. The molecule has 0 aliphatic rings. The summed E-state index contributed by atoms with van der Waals surface area (Å²) in [4.78, 5) is 0. The molecule has 0 aliphatic carbocycles. The van der Waals surface area contributed by atoms with Gasteiger partial charge in [0.05, 0.1) is 0 Å². The van der Waals surface area contributed by atoms with E-state index < -0.39 is 0 Å². The molecule has 44 heavy (non-hydrogen) atoms. The van der Waals surface area contributed by atoms with Crippen molar-refractivity contribution in [2.75, 3.05) is 6.54 Å². The zero-order valence-electron chi connectivity index (χ0n) is 30.1. The van der Waals surface area contributed by atoms with E-state index in [0.29, 0.717) is 10.8 Å².